The molecule has 0 bridgehead atoms. The molecule has 1 saturated carbocycles. The number of ether oxygens (including phenoxy) is 1. The maximum Gasteiger partial charge on any atom is 0.0494 e. The number of hydrogen-bond acceptors (Lipinski definition) is 2. The Balaban J connectivity index is 1.78. The lowest BCUT2D eigenvalue weighted by atomic mass is 9.90. The fourth-order valence-electron chi connectivity index (χ4n) is 2.45. The second kappa shape index (κ2) is 9.90. The average Bonchev–Trinajstić information content (AvgIpc) is 2.33. The zero-order chi connectivity index (χ0) is 12.3. The van der Waals surface area contributed by atoms with Gasteiger partial charge in [-0.3, -0.25) is 0 Å². The molecule has 0 atom stereocenters. The van der Waals surface area contributed by atoms with Crippen molar-refractivity contribution in [3.05, 3.63) is 0 Å². The highest BCUT2D eigenvalue weighted by atomic mass is 16.5. The van der Waals surface area contributed by atoms with E-state index in [9.17, 15) is 0 Å². The first-order valence-corrected chi connectivity index (χ1v) is 7.57. The number of unbranched alkanes of at least 4 members (excludes halogenated alkanes) is 1. The SMILES string of the molecule is CC(C)CNCCCCOCC1CCCCC1. The van der Waals surface area contributed by atoms with Gasteiger partial charge < -0.3 is 10.1 Å². The summed E-state index contributed by atoms with van der Waals surface area (Å²) >= 11 is 0. The van der Waals surface area contributed by atoms with E-state index >= 15 is 0 Å². The van der Waals surface area contributed by atoms with Crippen molar-refractivity contribution in [2.45, 2.75) is 58.8 Å². The fraction of sp³-hybridized carbons (Fsp3) is 1.00. The van der Waals surface area contributed by atoms with Crippen molar-refractivity contribution in [1.29, 1.82) is 0 Å². The standard InChI is InChI=1S/C15H31NO/c1-14(2)12-16-10-6-7-11-17-13-15-8-4-3-5-9-15/h14-16H,3-13H2,1-2H3. The first-order valence-electron chi connectivity index (χ1n) is 7.57. The first-order chi connectivity index (χ1) is 8.29. The fourth-order valence-corrected chi connectivity index (χ4v) is 2.45. The van der Waals surface area contributed by atoms with Crippen molar-refractivity contribution in [2.75, 3.05) is 26.3 Å². The van der Waals surface area contributed by atoms with Crippen LogP contribution < -0.4 is 5.32 Å². The van der Waals surface area contributed by atoms with Crippen LogP contribution in [0.2, 0.25) is 0 Å². The van der Waals surface area contributed by atoms with Crippen LogP contribution in [0.15, 0.2) is 0 Å². The second-order valence-electron chi connectivity index (χ2n) is 5.88. The molecule has 1 rings (SSSR count). The van der Waals surface area contributed by atoms with Gasteiger partial charge in [-0.25, -0.2) is 0 Å². The molecule has 0 heterocycles. The Bertz CT molecular complexity index is 164. The highest BCUT2D eigenvalue weighted by Gasteiger charge is 2.12. The van der Waals surface area contributed by atoms with Crippen molar-refractivity contribution in [1.82, 2.24) is 5.32 Å². The lowest BCUT2D eigenvalue weighted by Crippen LogP contribution is -2.21. The summed E-state index contributed by atoms with van der Waals surface area (Å²) < 4.78 is 5.77. The minimum atomic E-state index is 0.762. The maximum absolute atomic E-state index is 5.77. The molecule has 0 amide bonds. The topological polar surface area (TPSA) is 21.3 Å². The van der Waals surface area contributed by atoms with Gasteiger partial charge in [0.15, 0.2) is 0 Å². The van der Waals surface area contributed by atoms with Crippen molar-refractivity contribution < 1.29 is 4.74 Å². The molecule has 0 aromatic heterocycles. The zero-order valence-corrected chi connectivity index (χ0v) is 11.8. The molecule has 0 aliphatic heterocycles. The number of hydrogen-bond donors (Lipinski definition) is 1. The molecule has 1 aliphatic carbocycles. The Morgan fingerprint density at radius 2 is 1.88 bits per heavy atom. The molecule has 0 spiro atoms. The molecule has 0 saturated heterocycles. The molecule has 17 heavy (non-hydrogen) atoms. The Labute approximate surface area is 108 Å². The summed E-state index contributed by atoms with van der Waals surface area (Å²) in [5.41, 5.74) is 0. The summed E-state index contributed by atoms with van der Waals surface area (Å²) in [6.45, 7) is 8.76. The molecule has 0 radical (unpaired) electrons. The van der Waals surface area contributed by atoms with Gasteiger partial charge in [0.1, 0.15) is 0 Å². The van der Waals surface area contributed by atoms with E-state index in [2.05, 4.69) is 19.2 Å². The zero-order valence-electron chi connectivity index (χ0n) is 11.8. The largest absolute Gasteiger partial charge is 0.381 e. The normalized spacial score (nSPS) is 17.8. The predicted octanol–water partition coefficient (Wildman–Crippen LogP) is 3.61. The summed E-state index contributed by atoms with van der Waals surface area (Å²) in [4.78, 5) is 0. The van der Waals surface area contributed by atoms with Gasteiger partial charge in [0.2, 0.25) is 0 Å². The number of rotatable bonds is 9. The lowest BCUT2D eigenvalue weighted by Gasteiger charge is -2.21. The third-order valence-corrected chi connectivity index (χ3v) is 3.52. The molecule has 2 nitrogen and oxygen atoms in total. The van der Waals surface area contributed by atoms with Gasteiger partial charge in [0.05, 0.1) is 0 Å². The van der Waals surface area contributed by atoms with Gasteiger partial charge in [-0.15, -0.1) is 0 Å². The summed E-state index contributed by atoms with van der Waals surface area (Å²) in [6, 6.07) is 0. The minimum absolute atomic E-state index is 0.762. The molecular weight excluding hydrogens is 210 g/mol. The summed E-state index contributed by atoms with van der Waals surface area (Å²) in [5.74, 6) is 1.63. The van der Waals surface area contributed by atoms with Crippen LogP contribution in [0.1, 0.15) is 58.8 Å². The van der Waals surface area contributed by atoms with Gasteiger partial charge >= 0.3 is 0 Å². The van der Waals surface area contributed by atoms with E-state index in [0.717, 1.165) is 38.1 Å². The summed E-state index contributed by atoms with van der Waals surface area (Å²) in [7, 11) is 0. The van der Waals surface area contributed by atoms with Gasteiger partial charge in [-0.1, -0.05) is 33.1 Å². The highest BCUT2D eigenvalue weighted by Crippen LogP contribution is 2.23. The third-order valence-electron chi connectivity index (χ3n) is 3.52. The quantitative estimate of drug-likeness (QED) is 0.623. The average molecular weight is 241 g/mol. The van der Waals surface area contributed by atoms with Gasteiger partial charge in [-0.05, 0) is 50.6 Å². The van der Waals surface area contributed by atoms with E-state index in [1.807, 2.05) is 0 Å². The van der Waals surface area contributed by atoms with Crippen LogP contribution in [0, 0.1) is 11.8 Å². The minimum Gasteiger partial charge on any atom is -0.381 e. The van der Waals surface area contributed by atoms with Crippen LogP contribution in [0.5, 0.6) is 0 Å². The lowest BCUT2D eigenvalue weighted by molar-refractivity contribution is 0.0827. The van der Waals surface area contributed by atoms with E-state index < -0.39 is 0 Å². The molecule has 1 aliphatic rings. The van der Waals surface area contributed by atoms with Crippen molar-refractivity contribution in [3.63, 3.8) is 0 Å². The van der Waals surface area contributed by atoms with Gasteiger partial charge in [0, 0.05) is 13.2 Å². The van der Waals surface area contributed by atoms with E-state index in [0.29, 0.717) is 0 Å². The van der Waals surface area contributed by atoms with E-state index in [1.54, 1.807) is 0 Å². The first kappa shape index (κ1) is 15.0. The maximum atomic E-state index is 5.77. The Morgan fingerprint density at radius 3 is 2.59 bits per heavy atom. The Kier molecular flexibility index (Phi) is 8.72. The Morgan fingerprint density at radius 1 is 1.12 bits per heavy atom. The van der Waals surface area contributed by atoms with Crippen LogP contribution in [-0.2, 0) is 4.74 Å². The van der Waals surface area contributed by atoms with Crippen LogP contribution in [0.25, 0.3) is 0 Å². The van der Waals surface area contributed by atoms with Crippen molar-refractivity contribution >= 4 is 0 Å². The number of nitrogens with one attached hydrogen (secondary N) is 1. The second-order valence-corrected chi connectivity index (χ2v) is 5.88. The van der Waals surface area contributed by atoms with Gasteiger partial charge in [0.25, 0.3) is 0 Å². The molecule has 1 N–H and O–H groups in total. The summed E-state index contributed by atoms with van der Waals surface area (Å²) in [6.07, 6.45) is 9.54. The van der Waals surface area contributed by atoms with E-state index in [4.69, 9.17) is 4.74 Å². The van der Waals surface area contributed by atoms with Crippen LogP contribution in [-0.4, -0.2) is 26.3 Å². The van der Waals surface area contributed by atoms with Crippen molar-refractivity contribution in [2.24, 2.45) is 11.8 Å². The highest BCUT2D eigenvalue weighted by molar-refractivity contribution is 4.64. The van der Waals surface area contributed by atoms with Crippen LogP contribution in [0.3, 0.4) is 0 Å². The van der Waals surface area contributed by atoms with Gasteiger partial charge in [-0.2, -0.15) is 0 Å². The third kappa shape index (κ3) is 8.62. The Hall–Kier alpha value is -0.0800. The van der Waals surface area contributed by atoms with E-state index in [1.165, 1.54) is 44.9 Å². The molecular formula is C15H31NO. The molecule has 102 valence electrons. The molecule has 2 heteroatoms. The van der Waals surface area contributed by atoms with E-state index in [-0.39, 0.29) is 0 Å². The summed E-state index contributed by atoms with van der Waals surface area (Å²) in [5, 5.41) is 3.47. The monoisotopic (exact) mass is 241 g/mol. The molecule has 0 unspecified atom stereocenters. The molecule has 1 fully saturated rings. The molecule has 0 aromatic carbocycles. The molecule has 0 aromatic rings. The van der Waals surface area contributed by atoms with Crippen molar-refractivity contribution in [3.8, 4) is 0 Å². The van der Waals surface area contributed by atoms with Crippen LogP contribution >= 0.6 is 0 Å². The van der Waals surface area contributed by atoms with Crippen LogP contribution in [0.4, 0.5) is 0 Å². The smallest absolute Gasteiger partial charge is 0.0494 e. The predicted molar refractivity (Wildman–Crippen MR) is 74.3 cm³/mol.